The first-order valence-electron chi connectivity index (χ1n) is 8.27. The molecule has 2 amide bonds. The number of methoxy groups -OCH3 is 1. The van der Waals surface area contributed by atoms with E-state index >= 15 is 0 Å². The molecule has 1 fully saturated rings. The Morgan fingerprint density at radius 1 is 1.22 bits per heavy atom. The van der Waals surface area contributed by atoms with Gasteiger partial charge >= 0.3 is 12.0 Å². The lowest BCUT2D eigenvalue weighted by Crippen LogP contribution is -2.51. The van der Waals surface area contributed by atoms with Gasteiger partial charge in [-0.3, -0.25) is 4.79 Å². The lowest BCUT2D eigenvalue weighted by atomic mass is 9.93. The summed E-state index contributed by atoms with van der Waals surface area (Å²) in [5, 5.41) is 5.15. The average molecular weight is 374 g/mol. The third-order valence-corrected chi connectivity index (χ3v) is 4.12. The number of esters is 1. The van der Waals surface area contributed by atoms with E-state index in [1.807, 2.05) is 0 Å². The van der Waals surface area contributed by atoms with Crippen LogP contribution in [0.2, 0.25) is 0 Å². The third-order valence-electron chi connectivity index (χ3n) is 4.12. The summed E-state index contributed by atoms with van der Waals surface area (Å²) in [7, 11) is 1.50. The predicted octanol–water partition coefficient (Wildman–Crippen LogP) is 2.76. The Labute approximate surface area is 155 Å². The van der Waals surface area contributed by atoms with Crippen LogP contribution in [0.25, 0.3) is 11.3 Å². The number of furan rings is 1. The predicted molar refractivity (Wildman–Crippen MR) is 94.0 cm³/mol. The van der Waals surface area contributed by atoms with Crippen molar-refractivity contribution in [3.05, 3.63) is 60.3 Å². The van der Waals surface area contributed by atoms with Gasteiger partial charge in [0.25, 0.3) is 0 Å². The maximum atomic E-state index is 13.1. The van der Waals surface area contributed by atoms with Gasteiger partial charge in [-0.2, -0.15) is 0 Å². The van der Waals surface area contributed by atoms with E-state index in [1.165, 1.54) is 19.2 Å². The molecule has 2 atom stereocenters. The molecule has 1 aliphatic heterocycles. The number of urea groups is 1. The summed E-state index contributed by atoms with van der Waals surface area (Å²) in [5.74, 6) is -0.943. The Morgan fingerprint density at radius 3 is 2.67 bits per heavy atom. The van der Waals surface area contributed by atoms with E-state index in [9.17, 15) is 14.0 Å². The minimum atomic E-state index is -0.869. The van der Waals surface area contributed by atoms with Crippen molar-refractivity contribution in [2.24, 2.45) is 5.92 Å². The maximum Gasteiger partial charge on any atom is 0.319 e. The molecule has 0 saturated carbocycles. The molecule has 0 spiro atoms. The van der Waals surface area contributed by atoms with E-state index in [-0.39, 0.29) is 24.7 Å². The van der Waals surface area contributed by atoms with Crippen molar-refractivity contribution in [1.82, 2.24) is 10.6 Å². The van der Waals surface area contributed by atoms with E-state index in [2.05, 4.69) is 17.2 Å². The standard InChI is InChI=1S/C19H19FN2O5/c1-11-16(18(23)26-10-9-25-2)17(22-19(24)21-11)15-8-7-14(27-15)12-3-5-13(20)6-4-12/h3-8,16-17H,1,9-10H2,2H3,(H2,21,22,24)/t16-,17+/m1/s1. The van der Waals surface area contributed by atoms with Crippen molar-refractivity contribution in [2.45, 2.75) is 6.04 Å². The molecule has 27 heavy (non-hydrogen) atoms. The molecular formula is C19H19FN2O5. The van der Waals surface area contributed by atoms with Crippen LogP contribution in [0.3, 0.4) is 0 Å². The fourth-order valence-electron chi connectivity index (χ4n) is 2.80. The molecule has 3 rings (SSSR count). The van der Waals surface area contributed by atoms with Crippen molar-refractivity contribution in [3.8, 4) is 11.3 Å². The number of carbonyl (C=O) groups is 2. The van der Waals surface area contributed by atoms with Crippen LogP contribution in [-0.4, -0.2) is 32.3 Å². The van der Waals surface area contributed by atoms with Crippen LogP contribution in [0.1, 0.15) is 11.8 Å². The molecule has 2 N–H and O–H groups in total. The molecule has 142 valence electrons. The number of carbonyl (C=O) groups excluding carboxylic acids is 2. The van der Waals surface area contributed by atoms with Crippen LogP contribution in [-0.2, 0) is 14.3 Å². The van der Waals surface area contributed by atoms with Crippen molar-refractivity contribution >= 4 is 12.0 Å². The molecule has 0 unspecified atom stereocenters. The Morgan fingerprint density at radius 2 is 1.96 bits per heavy atom. The van der Waals surface area contributed by atoms with Gasteiger partial charge in [-0.1, -0.05) is 6.58 Å². The summed E-state index contributed by atoms with van der Waals surface area (Å²) in [6.45, 7) is 4.10. The molecule has 1 aliphatic rings. The van der Waals surface area contributed by atoms with Crippen LogP contribution >= 0.6 is 0 Å². The minimum absolute atomic E-state index is 0.0821. The average Bonchev–Trinajstić information content (AvgIpc) is 3.11. The number of amides is 2. The Bertz CT molecular complexity index is 846. The highest BCUT2D eigenvalue weighted by molar-refractivity contribution is 5.85. The zero-order valence-electron chi connectivity index (χ0n) is 14.7. The molecule has 1 saturated heterocycles. The summed E-state index contributed by atoms with van der Waals surface area (Å²) in [4.78, 5) is 24.3. The second kappa shape index (κ2) is 8.05. The van der Waals surface area contributed by atoms with Gasteiger partial charge in [0, 0.05) is 18.4 Å². The fraction of sp³-hybridized carbons (Fsp3) is 0.263. The molecule has 1 aromatic carbocycles. The minimum Gasteiger partial charge on any atom is -0.463 e. The highest BCUT2D eigenvalue weighted by Crippen LogP contribution is 2.33. The number of hydrogen-bond acceptors (Lipinski definition) is 5. The number of benzene rings is 1. The quantitative estimate of drug-likeness (QED) is 0.599. The number of ether oxygens (including phenoxy) is 2. The number of halogens is 1. The van der Waals surface area contributed by atoms with Gasteiger partial charge in [-0.25, -0.2) is 9.18 Å². The monoisotopic (exact) mass is 374 g/mol. The van der Waals surface area contributed by atoms with E-state index in [0.29, 0.717) is 17.1 Å². The summed E-state index contributed by atoms with van der Waals surface area (Å²) >= 11 is 0. The van der Waals surface area contributed by atoms with Gasteiger partial charge in [0.1, 0.15) is 35.9 Å². The van der Waals surface area contributed by atoms with Crippen LogP contribution in [0.15, 0.2) is 53.1 Å². The number of hydrogen-bond donors (Lipinski definition) is 2. The van der Waals surface area contributed by atoms with Gasteiger partial charge in [0.15, 0.2) is 0 Å². The maximum absolute atomic E-state index is 13.1. The first-order valence-corrected chi connectivity index (χ1v) is 8.27. The Kier molecular flexibility index (Phi) is 5.56. The second-order valence-electron chi connectivity index (χ2n) is 5.95. The smallest absolute Gasteiger partial charge is 0.319 e. The lowest BCUT2D eigenvalue weighted by molar-refractivity contribution is -0.149. The van der Waals surface area contributed by atoms with Gasteiger partial charge in [0.2, 0.25) is 0 Å². The molecule has 2 aromatic rings. The van der Waals surface area contributed by atoms with E-state index in [1.54, 1.807) is 24.3 Å². The molecule has 7 nitrogen and oxygen atoms in total. The van der Waals surface area contributed by atoms with Crippen LogP contribution in [0, 0.1) is 11.7 Å². The van der Waals surface area contributed by atoms with E-state index in [0.717, 1.165) is 0 Å². The Balaban J connectivity index is 1.85. The molecule has 2 heterocycles. The highest BCUT2D eigenvalue weighted by Gasteiger charge is 2.40. The van der Waals surface area contributed by atoms with Gasteiger partial charge < -0.3 is 24.5 Å². The topological polar surface area (TPSA) is 89.8 Å². The first kappa shape index (κ1) is 18.7. The third kappa shape index (κ3) is 4.17. The van der Waals surface area contributed by atoms with Crippen molar-refractivity contribution in [2.75, 3.05) is 20.3 Å². The summed E-state index contributed by atoms with van der Waals surface area (Å²) in [6.07, 6.45) is 0. The van der Waals surface area contributed by atoms with Crippen molar-refractivity contribution < 1.29 is 27.9 Å². The van der Waals surface area contributed by atoms with Crippen LogP contribution in [0.4, 0.5) is 9.18 Å². The lowest BCUT2D eigenvalue weighted by Gasteiger charge is -2.31. The zero-order valence-corrected chi connectivity index (χ0v) is 14.7. The van der Waals surface area contributed by atoms with Gasteiger partial charge in [-0.15, -0.1) is 0 Å². The Hall–Kier alpha value is -3.13. The second-order valence-corrected chi connectivity index (χ2v) is 5.95. The van der Waals surface area contributed by atoms with Crippen molar-refractivity contribution in [3.63, 3.8) is 0 Å². The number of rotatable bonds is 6. The highest BCUT2D eigenvalue weighted by atomic mass is 19.1. The SMILES string of the molecule is C=C1NC(=O)N[C@@H](c2ccc(-c3ccc(F)cc3)o2)[C@@H]1C(=O)OCCOC. The molecule has 0 aliphatic carbocycles. The van der Waals surface area contributed by atoms with Crippen LogP contribution in [0.5, 0.6) is 0 Å². The normalized spacial score (nSPS) is 19.3. The zero-order chi connectivity index (χ0) is 19.4. The van der Waals surface area contributed by atoms with E-state index in [4.69, 9.17) is 13.9 Å². The molecule has 1 aromatic heterocycles. The molecule has 0 radical (unpaired) electrons. The van der Waals surface area contributed by atoms with E-state index < -0.39 is 24.0 Å². The fourth-order valence-corrected chi connectivity index (χ4v) is 2.80. The summed E-state index contributed by atoms with van der Waals surface area (Å²) < 4.78 is 29.0. The molecular weight excluding hydrogens is 355 g/mol. The van der Waals surface area contributed by atoms with Crippen molar-refractivity contribution in [1.29, 1.82) is 0 Å². The van der Waals surface area contributed by atoms with Gasteiger partial charge in [0.05, 0.1) is 6.61 Å². The summed E-state index contributed by atoms with van der Waals surface area (Å²) in [5.41, 5.74) is 0.881. The number of nitrogens with one attached hydrogen (secondary N) is 2. The largest absolute Gasteiger partial charge is 0.463 e. The summed E-state index contributed by atoms with van der Waals surface area (Å²) in [6, 6.07) is 7.86. The molecule has 0 bridgehead atoms. The first-order chi connectivity index (χ1) is 13.0. The van der Waals surface area contributed by atoms with Crippen LogP contribution < -0.4 is 10.6 Å². The molecule has 8 heteroatoms. The van der Waals surface area contributed by atoms with Gasteiger partial charge in [-0.05, 0) is 36.4 Å².